The average Bonchev–Trinajstić information content (AvgIpc) is 4.32. The van der Waals surface area contributed by atoms with Crippen LogP contribution in [0.4, 0.5) is 17.6 Å². The smallest absolute Gasteiger partial charge is 0.307 e. The summed E-state index contributed by atoms with van der Waals surface area (Å²) in [4.78, 5) is 40.8. The van der Waals surface area contributed by atoms with Crippen LogP contribution in [0.3, 0.4) is 0 Å². The van der Waals surface area contributed by atoms with Crippen molar-refractivity contribution in [1.29, 1.82) is 0 Å². The molecule has 71 heavy (non-hydrogen) atoms. The van der Waals surface area contributed by atoms with Gasteiger partial charge >= 0.3 is 5.97 Å². The molecule has 372 valence electrons. The first-order chi connectivity index (χ1) is 34.0. The van der Waals surface area contributed by atoms with Crippen molar-refractivity contribution in [3.05, 3.63) is 156 Å². The molecule has 6 aromatic rings. The van der Waals surface area contributed by atoms with Crippen molar-refractivity contribution in [3.8, 4) is 22.5 Å². The molecule has 4 aliphatic rings. The second kappa shape index (κ2) is 22.0. The monoisotopic (exact) mass is 1010 g/mol. The molecule has 4 aliphatic carbocycles. The highest BCUT2D eigenvalue weighted by Gasteiger charge is 2.47. The van der Waals surface area contributed by atoms with E-state index in [0.717, 1.165) is 82.7 Å². The van der Waals surface area contributed by atoms with E-state index < -0.39 is 72.0 Å². The van der Waals surface area contributed by atoms with Crippen LogP contribution < -0.4 is 5.73 Å². The molecule has 12 nitrogen and oxygen atoms in total. The largest absolute Gasteiger partial charge is 0.481 e. The Bertz CT molecular complexity index is 3050. The summed E-state index contributed by atoms with van der Waals surface area (Å²) in [7, 11) is -7.94. The number of sulfone groups is 2. The van der Waals surface area contributed by atoms with Crippen molar-refractivity contribution in [2.45, 2.75) is 115 Å². The minimum atomic E-state index is -3.97. The number of benzene rings is 4. The second-order valence-corrected chi connectivity index (χ2v) is 22.8. The van der Waals surface area contributed by atoms with Crippen LogP contribution in [-0.4, -0.2) is 76.5 Å². The van der Waals surface area contributed by atoms with Gasteiger partial charge in [-0.3, -0.25) is 9.59 Å². The molecule has 4 fully saturated rings. The van der Waals surface area contributed by atoms with Gasteiger partial charge < -0.3 is 10.8 Å². The van der Waals surface area contributed by atoms with E-state index >= 15 is 0 Å². The number of aliphatic carboxylic acids is 1. The maximum atomic E-state index is 14.3. The van der Waals surface area contributed by atoms with E-state index in [1.807, 2.05) is 24.3 Å². The molecule has 0 spiro atoms. The van der Waals surface area contributed by atoms with Gasteiger partial charge in [-0.2, -0.15) is 0 Å². The molecule has 4 aromatic carbocycles. The van der Waals surface area contributed by atoms with Crippen LogP contribution in [0.5, 0.6) is 0 Å². The van der Waals surface area contributed by atoms with Crippen molar-refractivity contribution in [1.82, 2.24) is 19.9 Å². The molecule has 0 saturated heterocycles. The third-order valence-corrected chi connectivity index (χ3v) is 18.0. The molecule has 0 bridgehead atoms. The minimum absolute atomic E-state index is 0.0594. The molecule has 3 N–H and O–H groups in total. The van der Waals surface area contributed by atoms with Gasteiger partial charge in [-0.25, -0.2) is 54.3 Å². The van der Waals surface area contributed by atoms with E-state index in [1.54, 1.807) is 6.33 Å². The zero-order valence-electron chi connectivity index (χ0n) is 38.5. The predicted molar refractivity (Wildman–Crippen MR) is 258 cm³/mol. The Morgan fingerprint density at radius 2 is 0.972 bits per heavy atom. The maximum absolute atomic E-state index is 14.3. The zero-order chi connectivity index (χ0) is 50.5. The van der Waals surface area contributed by atoms with Crippen LogP contribution in [0.1, 0.15) is 92.1 Å². The molecular weight excluding hydrogens is 959 g/mol. The quantitative estimate of drug-likeness (QED) is 0.0775. The Hall–Kier alpha value is -6.24. The average molecular weight is 1010 g/mol. The Labute approximate surface area is 410 Å². The number of carbonyl (C=O) groups is 2. The summed E-state index contributed by atoms with van der Waals surface area (Å²) in [6.45, 7) is 0.454. The van der Waals surface area contributed by atoms with Crippen molar-refractivity contribution in [2.75, 3.05) is 0 Å². The van der Waals surface area contributed by atoms with Gasteiger partial charge in [0.05, 0.1) is 43.3 Å². The SMILES string of the molecule is NCc1cc(-c2ccc(C3CC3)cc2)ncn1.O=C(CCc1cc(-c2ccc(C3CC3)cc2)ncn1)[C@@H]1C[C@@H](F)CC1S(=O)(=O)c1ccc(F)cc1.O=C(O)[C@@H]1C[C@@H](F)CC1S(=O)(=O)c1ccc(F)cc1. The molecule has 0 radical (unpaired) electrons. The molecule has 6 atom stereocenters. The van der Waals surface area contributed by atoms with Crippen LogP contribution >= 0.6 is 0 Å². The van der Waals surface area contributed by atoms with Gasteiger partial charge in [-0.05, 0) is 141 Å². The molecule has 0 amide bonds. The third kappa shape index (κ3) is 12.6. The first kappa shape index (κ1) is 51.1. The van der Waals surface area contributed by atoms with Crippen LogP contribution in [-0.2, 0) is 42.2 Å². The zero-order valence-corrected chi connectivity index (χ0v) is 40.2. The van der Waals surface area contributed by atoms with Gasteiger partial charge in [-0.15, -0.1) is 0 Å². The van der Waals surface area contributed by atoms with E-state index in [0.29, 0.717) is 24.6 Å². The Morgan fingerprint density at radius 1 is 0.563 bits per heavy atom. The Kier molecular flexibility index (Phi) is 15.9. The van der Waals surface area contributed by atoms with Gasteiger partial charge in [0.2, 0.25) is 0 Å². The molecule has 2 unspecified atom stereocenters. The van der Waals surface area contributed by atoms with Crippen molar-refractivity contribution >= 4 is 31.4 Å². The van der Waals surface area contributed by atoms with Gasteiger partial charge in [0, 0.05) is 35.7 Å². The molecular formula is C53H53F4N5O7S2. The number of Topliss-reactive ketones (excluding diaryl/α,β-unsaturated/α-hetero) is 1. The highest BCUT2D eigenvalue weighted by molar-refractivity contribution is 7.92. The van der Waals surface area contributed by atoms with Crippen molar-refractivity contribution in [3.63, 3.8) is 0 Å². The topological polar surface area (TPSA) is 200 Å². The number of rotatable bonds is 14. The third-order valence-electron chi connectivity index (χ3n) is 13.5. The van der Waals surface area contributed by atoms with Crippen molar-refractivity contribution in [2.24, 2.45) is 17.6 Å². The summed E-state index contributed by atoms with van der Waals surface area (Å²) in [5.41, 5.74) is 13.7. The predicted octanol–water partition coefficient (Wildman–Crippen LogP) is 9.53. The fourth-order valence-corrected chi connectivity index (χ4v) is 13.3. The standard InChI is InChI=1S/C27H26F2N2O3S.C14H15N3.C12H12F2O4S/c28-20-7-10-23(11-8-20)35(33,34)27-14-21(29)13-24(27)26(32)12-9-22-15-25(31-16-30-22)19-5-3-18(4-6-19)17-1-2-17;15-8-13-7-14(17-9-16-13)12-5-3-11(4-6-12)10-1-2-10;13-7-1-3-9(4-2-7)19(17,18)11-6-8(14)5-10(11)12(15)16/h3-8,10-11,15-17,21,24,27H,1-2,9,12-14H2;3-7,9-10H,1-2,8,15H2;1-4,8,10-11H,5-6H2,(H,15,16)/t21-,24+,27?;;8-,10-,11?/m1.1/s1. The number of aryl methyl sites for hydroxylation is 1. The summed E-state index contributed by atoms with van der Waals surface area (Å²) < 4.78 is 104. The van der Waals surface area contributed by atoms with Crippen LogP contribution in [0.25, 0.3) is 22.5 Å². The van der Waals surface area contributed by atoms with Crippen LogP contribution in [0, 0.1) is 23.5 Å². The highest BCUT2D eigenvalue weighted by Crippen LogP contribution is 2.42. The number of aromatic nitrogens is 4. The van der Waals surface area contributed by atoms with Gasteiger partial charge in [0.25, 0.3) is 0 Å². The lowest BCUT2D eigenvalue weighted by atomic mass is 9.97. The number of ketones is 1. The Balaban J connectivity index is 0.000000158. The summed E-state index contributed by atoms with van der Waals surface area (Å²) in [5.74, 6) is -3.50. The highest BCUT2D eigenvalue weighted by atomic mass is 32.2. The minimum Gasteiger partial charge on any atom is -0.481 e. The van der Waals surface area contributed by atoms with E-state index in [2.05, 4.69) is 56.3 Å². The number of carbonyl (C=O) groups excluding carboxylic acids is 1. The lowest BCUT2D eigenvalue weighted by Crippen LogP contribution is -2.31. The molecule has 2 heterocycles. The number of hydrogen-bond donors (Lipinski definition) is 2. The van der Waals surface area contributed by atoms with Gasteiger partial charge in [0.15, 0.2) is 19.7 Å². The number of carboxylic acids is 1. The summed E-state index contributed by atoms with van der Waals surface area (Å²) in [6, 6.07) is 29.3. The van der Waals surface area contributed by atoms with Crippen LogP contribution in [0.2, 0.25) is 0 Å². The molecule has 18 heteroatoms. The number of carboxylic acid groups (broad SMARTS) is 1. The van der Waals surface area contributed by atoms with Crippen LogP contribution in [0.15, 0.2) is 132 Å². The number of halogens is 4. The number of alkyl halides is 2. The van der Waals surface area contributed by atoms with E-state index in [1.165, 1.54) is 43.1 Å². The normalized spacial score (nSPS) is 21.9. The molecule has 2 aromatic heterocycles. The lowest BCUT2D eigenvalue weighted by Gasteiger charge is -2.19. The lowest BCUT2D eigenvalue weighted by molar-refractivity contribution is -0.141. The summed E-state index contributed by atoms with van der Waals surface area (Å²) in [6.07, 6.45) is 4.75. The molecule has 4 saturated carbocycles. The van der Waals surface area contributed by atoms with Gasteiger partial charge in [-0.1, -0.05) is 48.5 Å². The number of hydrogen-bond acceptors (Lipinski definition) is 11. The van der Waals surface area contributed by atoms with Crippen molar-refractivity contribution < 1.29 is 49.1 Å². The fourth-order valence-electron chi connectivity index (χ4n) is 9.24. The number of nitrogens with zero attached hydrogens (tertiary/aromatic N) is 4. The fraction of sp³-hybridized carbons (Fsp3) is 0.358. The second-order valence-electron chi connectivity index (χ2n) is 18.5. The van der Waals surface area contributed by atoms with E-state index in [-0.39, 0.29) is 47.7 Å². The number of nitrogens with two attached hydrogens (primary N) is 1. The van der Waals surface area contributed by atoms with Gasteiger partial charge in [0.1, 0.15) is 42.4 Å². The molecule has 0 aliphatic heterocycles. The Morgan fingerprint density at radius 3 is 1.39 bits per heavy atom. The first-order valence-electron chi connectivity index (χ1n) is 23.5. The summed E-state index contributed by atoms with van der Waals surface area (Å²) >= 11 is 0. The first-order valence-corrected chi connectivity index (χ1v) is 26.6. The van der Waals surface area contributed by atoms with E-state index in [4.69, 9.17) is 10.8 Å². The maximum Gasteiger partial charge on any atom is 0.307 e. The summed E-state index contributed by atoms with van der Waals surface area (Å²) in [5, 5.41) is 6.51. The van der Waals surface area contributed by atoms with E-state index in [9.17, 15) is 44.0 Å². The molecule has 10 rings (SSSR count).